The number of ketones is 1. The van der Waals surface area contributed by atoms with Gasteiger partial charge in [0.05, 0.1) is 12.2 Å². The number of carbonyl (C=O) groups excluding carboxylic acids is 1. The summed E-state index contributed by atoms with van der Waals surface area (Å²) >= 11 is 0. The van der Waals surface area contributed by atoms with Crippen LogP contribution in [0.1, 0.15) is 65.4 Å². The molecule has 0 heterocycles. The summed E-state index contributed by atoms with van der Waals surface area (Å²) in [7, 11) is 1.81. The third kappa shape index (κ3) is 2.95. The lowest BCUT2D eigenvalue weighted by molar-refractivity contribution is -0.191. The highest BCUT2D eigenvalue weighted by Crippen LogP contribution is 2.68. The topological polar surface area (TPSA) is 46.5 Å². The van der Waals surface area contributed by atoms with Crippen molar-refractivity contribution in [1.82, 2.24) is 0 Å². The molecule has 1 aromatic rings. The summed E-state index contributed by atoms with van der Waals surface area (Å²) in [6.45, 7) is 8.89. The molecule has 3 nitrogen and oxygen atoms in total. The molecule has 0 amide bonds. The minimum absolute atomic E-state index is 0.000636. The predicted octanol–water partition coefficient (Wildman–Crippen LogP) is 5.05. The van der Waals surface area contributed by atoms with Crippen molar-refractivity contribution in [3.05, 3.63) is 35.9 Å². The minimum Gasteiger partial charge on any atom is -0.393 e. The molecular formula is C26H38O3. The number of methoxy groups -OCH3 is 1. The highest BCUT2D eigenvalue weighted by molar-refractivity contribution is 5.88. The molecular weight excluding hydrogens is 360 g/mol. The van der Waals surface area contributed by atoms with Crippen molar-refractivity contribution in [2.45, 2.75) is 78.4 Å². The van der Waals surface area contributed by atoms with Gasteiger partial charge in [-0.05, 0) is 61.3 Å². The van der Waals surface area contributed by atoms with E-state index in [1.54, 1.807) is 0 Å². The van der Waals surface area contributed by atoms with Crippen molar-refractivity contribution in [3.8, 4) is 0 Å². The molecule has 8 atom stereocenters. The molecule has 3 saturated carbocycles. The fourth-order valence-electron chi connectivity index (χ4n) is 7.74. The maximum absolute atomic E-state index is 14.0. The monoisotopic (exact) mass is 398 g/mol. The largest absolute Gasteiger partial charge is 0.393 e. The molecule has 3 aliphatic carbocycles. The molecule has 1 N–H and O–H groups in total. The van der Waals surface area contributed by atoms with Gasteiger partial charge in [0.2, 0.25) is 0 Å². The molecule has 4 rings (SSSR count). The van der Waals surface area contributed by atoms with E-state index in [0.717, 1.165) is 25.7 Å². The lowest BCUT2D eigenvalue weighted by Crippen LogP contribution is -2.62. The van der Waals surface area contributed by atoms with E-state index < -0.39 is 11.5 Å². The molecule has 3 unspecified atom stereocenters. The second kappa shape index (κ2) is 7.20. The Hall–Kier alpha value is -1.19. The normalized spacial score (nSPS) is 47.4. The number of hydrogen-bond donors (Lipinski definition) is 1. The lowest BCUT2D eigenvalue weighted by Gasteiger charge is -2.61. The highest BCUT2D eigenvalue weighted by atomic mass is 16.5. The molecule has 0 radical (unpaired) electrons. The summed E-state index contributed by atoms with van der Waals surface area (Å²) in [4.78, 5) is 14.0. The Morgan fingerprint density at radius 2 is 1.76 bits per heavy atom. The Morgan fingerprint density at radius 3 is 2.41 bits per heavy atom. The van der Waals surface area contributed by atoms with Gasteiger partial charge in [-0.3, -0.25) is 4.79 Å². The van der Waals surface area contributed by atoms with E-state index in [-0.39, 0.29) is 28.8 Å². The van der Waals surface area contributed by atoms with E-state index in [9.17, 15) is 9.90 Å². The van der Waals surface area contributed by atoms with Crippen molar-refractivity contribution in [2.75, 3.05) is 7.11 Å². The van der Waals surface area contributed by atoms with Crippen molar-refractivity contribution < 1.29 is 14.6 Å². The maximum atomic E-state index is 14.0. The van der Waals surface area contributed by atoms with E-state index in [2.05, 4.69) is 39.8 Å². The number of rotatable bonds is 3. The van der Waals surface area contributed by atoms with Gasteiger partial charge in [0, 0.05) is 23.9 Å². The molecule has 3 aliphatic rings. The van der Waals surface area contributed by atoms with Crippen LogP contribution in [0.2, 0.25) is 0 Å². The van der Waals surface area contributed by atoms with Crippen LogP contribution in [0.3, 0.4) is 0 Å². The van der Waals surface area contributed by atoms with Gasteiger partial charge >= 0.3 is 0 Å². The molecule has 3 heteroatoms. The summed E-state index contributed by atoms with van der Waals surface area (Å²) < 4.78 is 5.98. The van der Waals surface area contributed by atoms with E-state index in [1.807, 2.05) is 25.3 Å². The van der Waals surface area contributed by atoms with Gasteiger partial charge in [-0.15, -0.1) is 0 Å². The van der Waals surface area contributed by atoms with Gasteiger partial charge in [0.1, 0.15) is 5.78 Å². The first-order valence-electron chi connectivity index (χ1n) is 11.5. The summed E-state index contributed by atoms with van der Waals surface area (Å²) in [6, 6.07) is 10.3. The van der Waals surface area contributed by atoms with Gasteiger partial charge in [0.15, 0.2) is 0 Å². The van der Waals surface area contributed by atoms with Gasteiger partial charge in [-0.1, -0.05) is 58.0 Å². The quantitative estimate of drug-likeness (QED) is 0.775. The van der Waals surface area contributed by atoms with E-state index in [4.69, 9.17) is 4.74 Å². The SMILES string of the molecule is COC1CCC23CC[C@@H](C)[C@](C)(C12)[C@H](O)C[C@@](C)(Cc1ccccc1)C(=O)[C@@H]3C. The zero-order valence-corrected chi connectivity index (χ0v) is 18.8. The van der Waals surface area contributed by atoms with Crippen LogP contribution in [0.5, 0.6) is 0 Å². The molecule has 0 saturated heterocycles. The van der Waals surface area contributed by atoms with Crippen molar-refractivity contribution in [1.29, 1.82) is 0 Å². The Morgan fingerprint density at radius 1 is 1.10 bits per heavy atom. The predicted molar refractivity (Wildman–Crippen MR) is 116 cm³/mol. The van der Waals surface area contributed by atoms with Gasteiger partial charge in [-0.2, -0.15) is 0 Å². The number of Topliss-reactive ketones (excluding diaryl/α,β-unsaturated/α-hetero) is 1. The van der Waals surface area contributed by atoms with Gasteiger partial charge in [-0.25, -0.2) is 0 Å². The Labute approximate surface area is 176 Å². The summed E-state index contributed by atoms with van der Waals surface area (Å²) in [5.74, 6) is 1.02. The number of aliphatic hydroxyl groups excluding tert-OH is 1. The zero-order chi connectivity index (χ0) is 21.0. The second-order valence-corrected chi connectivity index (χ2v) is 10.9. The van der Waals surface area contributed by atoms with Gasteiger partial charge < -0.3 is 9.84 Å². The highest BCUT2D eigenvalue weighted by Gasteiger charge is 2.67. The van der Waals surface area contributed by atoms with Crippen LogP contribution in [0, 0.1) is 34.0 Å². The second-order valence-electron chi connectivity index (χ2n) is 10.9. The number of ether oxygens (including phenoxy) is 1. The van der Waals surface area contributed by atoms with Crippen molar-refractivity contribution >= 4 is 5.78 Å². The molecule has 29 heavy (non-hydrogen) atoms. The summed E-state index contributed by atoms with van der Waals surface area (Å²) in [5, 5.41) is 11.7. The van der Waals surface area contributed by atoms with Crippen LogP contribution in [-0.4, -0.2) is 30.2 Å². The summed E-state index contributed by atoms with van der Waals surface area (Å²) in [5.41, 5.74) is 0.379. The minimum atomic E-state index is -0.540. The molecule has 160 valence electrons. The number of aliphatic hydroxyl groups is 1. The number of hydrogen-bond acceptors (Lipinski definition) is 3. The van der Waals surface area contributed by atoms with E-state index in [0.29, 0.717) is 24.5 Å². The lowest BCUT2D eigenvalue weighted by atomic mass is 9.43. The summed E-state index contributed by atoms with van der Waals surface area (Å²) in [6.07, 6.45) is 5.10. The van der Waals surface area contributed by atoms with Crippen LogP contribution >= 0.6 is 0 Å². The van der Waals surface area contributed by atoms with Crippen LogP contribution in [0.4, 0.5) is 0 Å². The Kier molecular flexibility index (Phi) is 5.23. The Bertz CT molecular complexity index is 760. The first kappa shape index (κ1) is 21.1. The van der Waals surface area contributed by atoms with E-state index >= 15 is 0 Å². The number of benzene rings is 1. The maximum Gasteiger partial charge on any atom is 0.142 e. The molecule has 0 aromatic heterocycles. The number of carbonyl (C=O) groups is 1. The average Bonchev–Trinajstić information content (AvgIpc) is 3.10. The molecule has 0 aliphatic heterocycles. The van der Waals surface area contributed by atoms with Crippen LogP contribution in [0.25, 0.3) is 0 Å². The van der Waals surface area contributed by atoms with Gasteiger partial charge in [0.25, 0.3) is 0 Å². The molecule has 1 aromatic carbocycles. The van der Waals surface area contributed by atoms with Crippen LogP contribution < -0.4 is 0 Å². The Balaban J connectivity index is 1.81. The third-order valence-corrected chi connectivity index (χ3v) is 9.61. The fourth-order valence-corrected chi connectivity index (χ4v) is 7.74. The van der Waals surface area contributed by atoms with E-state index in [1.165, 1.54) is 5.56 Å². The molecule has 2 bridgehead atoms. The third-order valence-electron chi connectivity index (χ3n) is 9.61. The smallest absolute Gasteiger partial charge is 0.142 e. The molecule has 0 spiro atoms. The molecule has 3 fully saturated rings. The fraction of sp³-hybridized carbons (Fsp3) is 0.731. The van der Waals surface area contributed by atoms with Crippen molar-refractivity contribution in [3.63, 3.8) is 0 Å². The standard InChI is InChI=1S/C26H38O3/c1-17-11-13-26-14-12-20(29-5)22(26)25(17,4)21(27)16-24(3,23(28)18(26)2)15-19-9-7-6-8-10-19/h6-10,17-18,20-22,27H,11-16H2,1-5H3/t17-,18+,20?,21-,22?,24-,25+,26?/m1/s1. The average molecular weight is 399 g/mol. The first-order valence-corrected chi connectivity index (χ1v) is 11.5. The zero-order valence-electron chi connectivity index (χ0n) is 18.8. The first-order chi connectivity index (χ1) is 13.7. The van der Waals surface area contributed by atoms with Crippen LogP contribution in [0.15, 0.2) is 30.3 Å². The van der Waals surface area contributed by atoms with Crippen LogP contribution in [-0.2, 0) is 16.0 Å². The van der Waals surface area contributed by atoms with Crippen molar-refractivity contribution in [2.24, 2.45) is 34.0 Å².